The van der Waals surface area contributed by atoms with Crippen molar-refractivity contribution in [3.63, 3.8) is 0 Å². The second-order valence-corrected chi connectivity index (χ2v) is 5.71. The molecule has 6 heteroatoms. The number of benzene rings is 1. The van der Waals surface area contributed by atoms with Crippen molar-refractivity contribution in [2.75, 3.05) is 6.61 Å². The zero-order chi connectivity index (χ0) is 16.1. The van der Waals surface area contributed by atoms with Gasteiger partial charge in [-0.3, -0.25) is 4.79 Å². The van der Waals surface area contributed by atoms with Gasteiger partial charge in [0.1, 0.15) is 0 Å². The van der Waals surface area contributed by atoms with Crippen LogP contribution in [0.4, 0.5) is 0 Å². The van der Waals surface area contributed by atoms with Gasteiger partial charge in [-0.25, -0.2) is 4.68 Å². The molecule has 0 aliphatic heterocycles. The Labute approximate surface area is 134 Å². The predicted octanol–water partition coefficient (Wildman–Crippen LogP) is 2.72. The Morgan fingerprint density at radius 1 is 1.50 bits per heavy atom. The lowest BCUT2D eigenvalue weighted by Crippen LogP contribution is -2.32. The maximum Gasteiger partial charge on any atom is 0.254 e. The van der Waals surface area contributed by atoms with Crippen molar-refractivity contribution in [2.24, 2.45) is 0 Å². The Hall–Kier alpha value is -1.85. The lowest BCUT2D eigenvalue weighted by molar-refractivity contribution is 0.0936. The van der Waals surface area contributed by atoms with Crippen LogP contribution in [0.5, 0.6) is 0 Å². The number of hydrogen-bond donors (Lipinski definition) is 2. The second kappa shape index (κ2) is 7.42. The number of carbonyl (C=O) groups excluding carboxylic acids is 1. The maximum atomic E-state index is 12.3. The van der Waals surface area contributed by atoms with E-state index in [1.54, 1.807) is 23.0 Å². The number of halogens is 1. The van der Waals surface area contributed by atoms with E-state index in [0.717, 1.165) is 17.8 Å². The highest BCUT2D eigenvalue weighted by atomic mass is 35.5. The van der Waals surface area contributed by atoms with Crippen LogP contribution in [0.2, 0.25) is 5.02 Å². The van der Waals surface area contributed by atoms with Crippen LogP contribution in [-0.4, -0.2) is 33.4 Å². The van der Waals surface area contributed by atoms with Gasteiger partial charge < -0.3 is 10.4 Å². The SMILES string of the molecule is Cc1c(C(=O)NC(C)CCCO)cnn1-c1cccc(Cl)c1. The fourth-order valence-electron chi connectivity index (χ4n) is 2.27. The molecule has 0 spiro atoms. The first-order valence-electron chi connectivity index (χ1n) is 7.25. The van der Waals surface area contributed by atoms with Crippen molar-refractivity contribution in [3.8, 4) is 5.69 Å². The van der Waals surface area contributed by atoms with Crippen LogP contribution < -0.4 is 5.32 Å². The highest BCUT2D eigenvalue weighted by Crippen LogP contribution is 2.18. The minimum Gasteiger partial charge on any atom is -0.396 e. The number of nitrogens with zero attached hydrogens (tertiary/aromatic N) is 2. The molecule has 1 heterocycles. The van der Waals surface area contributed by atoms with Crippen LogP contribution in [0, 0.1) is 6.92 Å². The summed E-state index contributed by atoms with van der Waals surface area (Å²) >= 11 is 5.99. The van der Waals surface area contributed by atoms with Crippen LogP contribution in [-0.2, 0) is 0 Å². The average Bonchev–Trinajstić information content (AvgIpc) is 2.87. The van der Waals surface area contributed by atoms with E-state index in [-0.39, 0.29) is 18.6 Å². The predicted molar refractivity (Wildman–Crippen MR) is 86.6 cm³/mol. The first kappa shape index (κ1) is 16.5. The van der Waals surface area contributed by atoms with Crippen LogP contribution in [0.25, 0.3) is 5.69 Å². The third kappa shape index (κ3) is 3.87. The molecule has 1 unspecified atom stereocenters. The summed E-state index contributed by atoms with van der Waals surface area (Å²) in [5.41, 5.74) is 2.11. The molecule has 1 atom stereocenters. The molecule has 2 aromatic rings. The summed E-state index contributed by atoms with van der Waals surface area (Å²) in [6.07, 6.45) is 2.97. The van der Waals surface area contributed by atoms with E-state index in [1.165, 1.54) is 0 Å². The van der Waals surface area contributed by atoms with Crippen molar-refractivity contribution >= 4 is 17.5 Å². The Balaban J connectivity index is 2.15. The Morgan fingerprint density at radius 2 is 2.27 bits per heavy atom. The Bertz CT molecular complexity index is 655. The first-order chi connectivity index (χ1) is 10.5. The zero-order valence-corrected chi connectivity index (χ0v) is 13.5. The minimum atomic E-state index is -0.156. The van der Waals surface area contributed by atoms with Crippen molar-refractivity contribution in [1.82, 2.24) is 15.1 Å². The van der Waals surface area contributed by atoms with Crippen molar-refractivity contribution in [1.29, 1.82) is 0 Å². The van der Waals surface area contributed by atoms with E-state index in [2.05, 4.69) is 10.4 Å². The number of hydrogen-bond acceptors (Lipinski definition) is 3. The van der Waals surface area contributed by atoms with E-state index >= 15 is 0 Å². The smallest absolute Gasteiger partial charge is 0.254 e. The monoisotopic (exact) mass is 321 g/mol. The number of nitrogens with one attached hydrogen (secondary N) is 1. The van der Waals surface area contributed by atoms with Gasteiger partial charge in [-0.1, -0.05) is 17.7 Å². The molecule has 0 fully saturated rings. The molecule has 118 valence electrons. The molecule has 0 aliphatic rings. The normalized spacial score (nSPS) is 12.2. The standard InChI is InChI=1S/C16H20ClN3O2/c1-11(5-4-8-21)19-16(22)15-10-18-20(12(15)2)14-7-3-6-13(17)9-14/h3,6-7,9-11,21H,4-5,8H2,1-2H3,(H,19,22). The molecule has 0 radical (unpaired) electrons. The molecule has 22 heavy (non-hydrogen) atoms. The second-order valence-electron chi connectivity index (χ2n) is 5.28. The van der Waals surface area contributed by atoms with Gasteiger partial charge in [0.05, 0.1) is 23.1 Å². The lowest BCUT2D eigenvalue weighted by atomic mass is 10.1. The number of aliphatic hydroxyl groups is 1. The van der Waals surface area contributed by atoms with Crippen molar-refractivity contribution in [2.45, 2.75) is 32.7 Å². The largest absolute Gasteiger partial charge is 0.396 e. The van der Waals surface area contributed by atoms with E-state index < -0.39 is 0 Å². The highest BCUT2D eigenvalue weighted by Gasteiger charge is 2.16. The quantitative estimate of drug-likeness (QED) is 0.859. The van der Waals surface area contributed by atoms with Crippen LogP contribution in [0.3, 0.4) is 0 Å². The molecule has 5 nitrogen and oxygen atoms in total. The van der Waals surface area contributed by atoms with Gasteiger partial charge in [-0.2, -0.15) is 5.10 Å². The molecule has 1 aromatic heterocycles. The molecule has 0 saturated heterocycles. The van der Waals surface area contributed by atoms with E-state index in [1.807, 2.05) is 26.0 Å². The van der Waals surface area contributed by atoms with Gasteiger partial charge in [0.25, 0.3) is 5.91 Å². The highest BCUT2D eigenvalue weighted by molar-refractivity contribution is 6.30. The molecule has 2 N–H and O–H groups in total. The molecule has 0 saturated carbocycles. The Kier molecular flexibility index (Phi) is 5.57. The van der Waals surface area contributed by atoms with Gasteiger partial charge in [0, 0.05) is 17.7 Å². The zero-order valence-electron chi connectivity index (χ0n) is 12.7. The fourth-order valence-corrected chi connectivity index (χ4v) is 2.46. The first-order valence-corrected chi connectivity index (χ1v) is 7.63. The lowest BCUT2D eigenvalue weighted by Gasteiger charge is -2.13. The summed E-state index contributed by atoms with van der Waals surface area (Å²) in [6.45, 7) is 3.90. The molecule has 1 aromatic carbocycles. The topological polar surface area (TPSA) is 67.2 Å². The fraction of sp³-hybridized carbons (Fsp3) is 0.375. The maximum absolute atomic E-state index is 12.3. The van der Waals surface area contributed by atoms with Gasteiger partial charge in [0.15, 0.2) is 0 Å². The number of aromatic nitrogens is 2. The average molecular weight is 322 g/mol. The third-order valence-electron chi connectivity index (χ3n) is 3.48. The van der Waals surface area contributed by atoms with Crippen LogP contribution in [0.15, 0.2) is 30.5 Å². The summed E-state index contributed by atoms with van der Waals surface area (Å²) in [4.78, 5) is 12.3. The number of amides is 1. The molecule has 2 rings (SSSR count). The van der Waals surface area contributed by atoms with E-state index in [9.17, 15) is 4.79 Å². The number of carbonyl (C=O) groups is 1. The van der Waals surface area contributed by atoms with Gasteiger partial charge in [-0.05, 0) is 44.9 Å². The molecule has 0 bridgehead atoms. The summed E-state index contributed by atoms with van der Waals surface area (Å²) in [6, 6.07) is 7.33. The van der Waals surface area contributed by atoms with Gasteiger partial charge >= 0.3 is 0 Å². The van der Waals surface area contributed by atoms with E-state index in [0.29, 0.717) is 17.0 Å². The summed E-state index contributed by atoms with van der Waals surface area (Å²) in [5.74, 6) is -0.156. The van der Waals surface area contributed by atoms with Crippen LogP contribution in [0.1, 0.15) is 35.8 Å². The van der Waals surface area contributed by atoms with E-state index in [4.69, 9.17) is 16.7 Å². The van der Waals surface area contributed by atoms with Gasteiger partial charge in [0.2, 0.25) is 0 Å². The molecule has 1 amide bonds. The van der Waals surface area contributed by atoms with Gasteiger partial charge in [-0.15, -0.1) is 0 Å². The third-order valence-corrected chi connectivity index (χ3v) is 3.72. The van der Waals surface area contributed by atoms with Crippen LogP contribution >= 0.6 is 11.6 Å². The minimum absolute atomic E-state index is 0.00793. The number of aliphatic hydroxyl groups excluding tert-OH is 1. The van der Waals surface area contributed by atoms with Crippen molar-refractivity contribution < 1.29 is 9.90 Å². The number of rotatable bonds is 6. The van der Waals surface area contributed by atoms with Crippen molar-refractivity contribution in [3.05, 3.63) is 46.7 Å². The summed E-state index contributed by atoms with van der Waals surface area (Å²) < 4.78 is 1.69. The molecular formula is C16H20ClN3O2. The molecular weight excluding hydrogens is 302 g/mol. The summed E-state index contributed by atoms with van der Waals surface area (Å²) in [5, 5.41) is 16.6. The Morgan fingerprint density at radius 3 is 2.95 bits per heavy atom. The summed E-state index contributed by atoms with van der Waals surface area (Å²) in [7, 11) is 0. The molecule has 0 aliphatic carbocycles.